The number of aldehydes is 1. The van der Waals surface area contributed by atoms with Crippen molar-refractivity contribution in [2.75, 3.05) is 0 Å². The Morgan fingerprint density at radius 1 is 1.26 bits per heavy atom. The van der Waals surface area contributed by atoms with E-state index in [1.54, 1.807) is 0 Å². The number of nitrogens with zero attached hydrogens (tertiary/aromatic N) is 1. The molecule has 1 atom stereocenters. The summed E-state index contributed by atoms with van der Waals surface area (Å²) < 4.78 is 8.00. The molecule has 1 heterocycles. The molecule has 1 aromatic rings. The number of carbonyl (C=O) groups excluding carboxylic acids is 1. The van der Waals surface area contributed by atoms with Crippen LogP contribution >= 0.6 is 22.6 Å². The average Bonchev–Trinajstić information content (AvgIpc) is 2.42. The van der Waals surface area contributed by atoms with Gasteiger partial charge in [0.05, 0.1) is 11.8 Å². The van der Waals surface area contributed by atoms with E-state index in [2.05, 4.69) is 70.3 Å². The SMILES string of the molecule is CC1(C)Cc2nc(C3CCC3)c(C=O)c(I)c2[C@@H](O[Si](C)(C)C(C)(C)C)C1. The van der Waals surface area contributed by atoms with Crippen molar-refractivity contribution in [2.24, 2.45) is 5.41 Å². The second-order valence-corrected chi connectivity index (χ2v) is 16.6. The highest BCUT2D eigenvalue weighted by atomic mass is 127. The van der Waals surface area contributed by atoms with Crippen molar-refractivity contribution in [3.63, 3.8) is 0 Å². The molecule has 0 amide bonds. The minimum Gasteiger partial charge on any atom is -0.410 e. The van der Waals surface area contributed by atoms with Gasteiger partial charge in [0.15, 0.2) is 14.6 Å². The van der Waals surface area contributed by atoms with Crippen LogP contribution in [0.4, 0.5) is 0 Å². The summed E-state index contributed by atoms with van der Waals surface area (Å²) in [5, 5.41) is 0.160. The van der Waals surface area contributed by atoms with Crippen LogP contribution in [-0.2, 0) is 10.8 Å². The Balaban J connectivity index is 2.10. The predicted molar refractivity (Wildman–Crippen MR) is 122 cm³/mol. The number of carbonyl (C=O) groups is 1. The fourth-order valence-electron chi connectivity index (χ4n) is 3.98. The number of rotatable bonds is 4. The zero-order valence-electron chi connectivity index (χ0n) is 17.9. The molecular formula is C22H34INO2Si. The first kappa shape index (κ1) is 21.4. The lowest BCUT2D eigenvalue weighted by Crippen LogP contribution is -2.44. The van der Waals surface area contributed by atoms with Gasteiger partial charge in [-0.1, -0.05) is 41.0 Å². The van der Waals surface area contributed by atoms with E-state index in [0.717, 1.165) is 46.8 Å². The molecule has 0 saturated heterocycles. The van der Waals surface area contributed by atoms with Gasteiger partial charge < -0.3 is 4.43 Å². The number of hydrogen-bond donors (Lipinski definition) is 0. The van der Waals surface area contributed by atoms with E-state index in [1.165, 1.54) is 17.7 Å². The van der Waals surface area contributed by atoms with Gasteiger partial charge in [0.25, 0.3) is 0 Å². The molecule has 0 aliphatic heterocycles. The molecule has 1 aromatic heterocycles. The molecule has 3 nitrogen and oxygen atoms in total. The van der Waals surface area contributed by atoms with Crippen molar-refractivity contribution in [1.82, 2.24) is 4.98 Å². The Labute approximate surface area is 179 Å². The molecule has 0 bridgehead atoms. The van der Waals surface area contributed by atoms with Gasteiger partial charge in [0, 0.05) is 26.3 Å². The maximum atomic E-state index is 12.0. The molecule has 27 heavy (non-hydrogen) atoms. The third-order valence-corrected chi connectivity index (χ3v) is 12.5. The summed E-state index contributed by atoms with van der Waals surface area (Å²) in [6, 6.07) is 0. The van der Waals surface area contributed by atoms with Crippen LogP contribution < -0.4 is 0 Å². The van der Waals surface area contributed by atoms with Crippen LogP contribution in [0.15, 0.2) is 0 Å². The standard InChI is InChI=1S/C22H34INO2Si/c1-21(2,3)27(6,7)26-17-12-22(4,5)11-16-18(17)19(23)15(13-25)20(24-16)14-9-8-10-14/h13-14,17H,8-12H2,1-7H3/t17-/m0/s1. The Kier molecular flexibility index (Phi) is 5.72. The van der Waals surface area contributed by atoms with E-state index in [1.807, 2.05) is 0 Å². The van der Waals surface area contributed by atoms with Crippen molar-refractivity contribution in [2.45, 2.75) is 96.9 Å². The van der Waals surface area contributed by atoms with Crippen LogP contribution in [0.3, 0.4) is 0 Å². The van der Waals surface area contributed by atoms with Gasteiger partial charge in [-0.3, -0.25) is 9.78 Å². The van der Waals surface area contributed by atoms with Crippen molar-refractivity contribution in [1.29, 1.82) is 0 Å². The summed E-state index contributed by atoms with van der Waals surface area (Å²) in [4.78, 5) is 17.1. The van der Waals surface area contributed by atoms with Gasteiger partial charge in [-0.2, -0.15) is 0 Å². The summed E-state index contributed by atoms with van der Waals surface area (Å²) in [5.74, 6) is 0.466. The van der Waals surface area contributed by atoms with E-state index in [0.29, 0.717) is 5.92 Å². The predicted octanol–water partition coefficient (Wildman–Crippen LogP) is 6.80. The number of fused-ring (bicyclic) bond motifs is 1. The number of hydrogen-bond acceptors (Lipinski definition) is 3. The van der Waals surface area contributed by atoms with E-state index in [-0.39, 0.29) is 16.6 Å². The van der Waals surface area contributed by atoms with Crippen LogP contribution in [0.2, 0.25) is 18.1 Å². The van der Waals surface area contributed by atoms with Gasteiger partial charge >= 0.3 is 0 Å². The molecule has 0 spiro atoms. The zero-order valence-corrected chi connectivity index (χ0v) is 21.1. The third-order valence-electron chi connectivity index (χ3n) is 6.87. The first-order chi connectivity index (χ1) is 12.4. The first-order valence-corrected chi connectivity index (χ1v) is 14.2. The largest absolute Gasteiger partial charge is 0.410 e. The van der Waals surface area contributed by atoms with Crippen molar-refractivity contribution < 1.29 is 9.22 Å². The molecule has 5 heteroatoms. The van der Waals surface area contributed by atoms with Gasteiger partial charge in [0.2, 0.25) is 0 Å². The van der Waals surface area contributed by atoms with Crippen molar-refractivity contribution in [3.8, 4) is 0 Å². The molecule has 150 valence electrons. The van der Waals surface area contributed by atoms with E-state index in [9.17, 15) is 4.79 Å². The molecule has 1 fully saturated rings. The number of halogens is 1. The van der Waals surface area contributed by atoms with E-state index < -0.39 is 8.32 Å². The lowest BCUT2D eigenvalue weighted by Gasteiger charge is -2.44. The molecule has 3 rings (SSSR count). The molecule has 2 aliphatic carbocycles. The second kappa shape index (κ2) is 7.20. The van der Waals surface area contributed by atoms with Crippen LogP contribution in [0, 0.1) is 8.99 Å². The molecule has 1 saturated carbocycles. The molecule has 0 radical (unpaired) electrons. The average molecular weight is 500 g/mol. The molecular weight excluding hydrogens is 465 g/mol. The Hall–Kier alpha value is -0.273. The van der Waals surface area contributed by atoms with E-state index >= 15 is 0 Å². The quantitative estimate of drug-likeness (QED) is 0.260. The maximum Gasteiger partial charge on any atom is 0.192 e. The summed E-state index contributed by atoms with van der Waals surface area (Å²) in [7, 11) is -1.92. The molecule has 2 aliphatic rings. The normalized spacial score (nSPS) is 22.9. The summed E-state index contributed by atoms with van der Waals surface area (Å²) >= 11 is 2.39. The minimum atomic E-state index is -1.92. The topological polar surface area (TPSA) is 39.2 Å². The second-order valence-electron chi connectivity index (χ2n) is 10.7. The highest BCUT2D eigenvalue weighted by molar-refractivity contribution is 14.1. The summed E-state index contributed by atoms with van der Waals surface area (Å²) in [6.07, 6.45) is 6.61. The summed E-state index contributed by atoms with van der Waals surface area (Å²) in [6.45, 7) is 16.1. The van der Waals surface area contributed by atoms with Crippen LogP contribution in [-0.4, -0.2) is 19.6 Å². The van der Waals surface area contributed by atoms with Gasteiger partial charge in [-0.05, 0) is 71.8 Å². The number of aromatic nitrogens is 1. The molecule has 0 N–H and O–H groups in total. The van der Waals surface area contributed by atoms with Crippen LogP contribution in [0.1, 0.15) is 99.6 Å². The number of pyridine rings is 1. The fraction of sp³-hybridized carbons (Fsp3) is 0.727. The first-order valence-electron chi connectivity index (χ1n) is 10.2. The minimum absolute atomic E-state index is 0.0400. The Morgan fingerprint density at radius 3 is 2.37 bits per heavy atom. The maximum absolute atomic E-state index is 12.0. The van der Waals surface area contributed by atoms with Gasteiger partial charge in [-0.15, -0.1) is 0 Å². The molecule has 0 unspecified atom stereocenters. The smallest absolute Gasteiger partial charge is 0.192 e. The lowest BCUT2D eigenvalue weighted by atomic mass is 9.73. The Bertz CT molecular complexity index is 748. The van der Waals surface area contributed by atoms with Gasteiger partial charge in [0.1, 0.15) is 0 Å². The monoisotopic (exact) mass is 499 g/mol. The summed E-state index contributed by atoms with van der Waals surface area (Å²) in [5.41, 5.74) is 4.40. The molecule has 0 aromatic carbocycles. The van der Waals surface area contributed by atoms with Crippen LogP contribution in [0.5, 0.6) is 0 Å². The third kappa shape index (κ3) is 4.06. The van der Waals surface area contributed by atoms with Crippen LogP contribution in [0.25, 0.3) is 0 Å². The lowest BCUT2D eigenvalue weighted by molar-refractivity contribution is 0.104. The Morgan fingerprint density at radius 2 is 1.89 bits per heavy atom. The highest BCUT2D eigenvalue weighted by Crippen LogP contribution is 2.49. The fourth-order valence-corrected chi connectivity index (χ4v) is 6.31. The van der Waals surface area contributed by atoms with Crippen molar-refractivity contribution >= 4 is 37.2 Å². The highest BCUT2D eigenvalue weighted by Gasteiger charge is 2.44. The van der Waals surface area contributed by atoms with E-state index in [4.69, 9.17) is 9.41 Å². The zero-order chi connectivity index (χ0) is 20.2. The van der Waals surface area contributed by atoms with Gasteiger partial charge in [-0.25, -0.2) is 0 Å². The van der Waals surface area contributed by atoms with Crippen molar-refractivity contribution in [3.05, 3.63) is 26.1 Å².